The Morgan fingerprint density at radius 2 is 2.04 bits per heavy atom. The number of pyridine rings is 1. The van der Waals surface area contributed by atoms with E-state index in [-0.39, 0.29) is 42.8 Å². The molecule has 5 atom stereocenters. The molecule has 12 nitrogen and oxygen atoms in total. The molecule has 54 heavy (non-hydrogen) atoms. The summed E-state index contributed by atoms with van der Waals surface area (Å²) in [6, 6.07) is 8.96. The number of hydrogen-bond donors (Lipinski definition) is 2. The number of aromatic nitrogens is 3. The molecular formula is C41H52N6O6S. The first-order valence-corrected chi connectivity index (χ1v) is 20.1. The summed E-state index contributed by atoms with van der Waals surface area (Å²) in [5.41, 5.74) is 9.62. The minimum absolute atomic E-state index is 0.0957. The van der Waals surface area contributed by atoms with E-state index in [2.05, 4.69) is 60.3 Å². The van der Waals surface area contributed by atoms with Gasteiger partial charge in [-0.1, -0.05) is 33.3 Å². The number of esters is 1. The van der Waals surface area contributed by atoms with Gasteiger partial charge in [0.25, 0.3) is 5.91 Å². The molecule has 0 saturated carbocycles. The summed E-state index contributed by atoms with van der Waals surface area (Å²) in [5.74, 6) is -1.13. The number of cyclic esters (lactones) is 1. The van der Waals surface area contributed by atoms with Gasteiger partial charge in [-0.15, -0.1) is 11.3 Å². The number of hydrogen-bond acceptors (Lipinski definition) is 10. The highest BCUT2D eigenvalue weighted by atomic mass is 32.1. The Balaban J connectivity index is 1.34. The molecule has 0 radical (unpaired) electrons. The number of thiazole rings is 1. The number of ether oxygens (including phenoxy) is 3. The van der Waals surface area contributed by atoms with E-state index in [9.17, 15) is 14.4 Å². The van der Waals surface area contributed by atoms with Gasteiger partial charge in [0.05, 0.1) is 53.9 Å². The molecule has 3 aliphatic rings. The summed E-state index contributed by atoms with van der Waals surface area (Å²) in [5, 5.41) is 8.40. The van der Waals surface area contributed by atoms with Crippen LogP contribution in [-0.2, 0) is 48.0 Å². The first-order chi connectivity index (χ1) is 26.0. The van der Waals surface area contributed by atoms with Crippen molar-refractivity contribution >= 4 is 40.0 Å². The fraction of sp³-hybridized carbons (Fsp3) is 0.537. The van der Waals surface area contributed by atoms with Gasteiger partial charge in [-0.2, -0.15) is 0 Å². The van der Waals surface area contributed by atoms with E-state index < -0.39 is 23.5 Å². The van der Waals surface area contributed by atoms with Crippen molar-refractivity contribution in [2.75, 3.05) is 33.5 Å². The smallest absolute Gasteiger partial charge is 0.324 e. The molecule has 3 aliphatic heterocycles. The second-order valence-corrected chi connectivity index (χ2v) is 16.5. The molecule has 0 unspecified atom stereocenters. The van der Waals surface area contributed by atoms with E-state index in [1.807, 2.05) is 25.3 Å². The SMILES string of the molecule is CC[C@@H]1COC[C@H]1C(=O)N[C@H]1Cc2nc(cs2)-c2ccc3c(c2)c(c(-c2cccnc2[C@H](C)OC)n3CC)CC(C)(C)COC(=O)[C@@H]2CCCN(N2)C1=O. The van der Waals surface area contributed by atoms with E-state index in [1.54, 1.807) is 13.3 Å². The number of rotatable bonds is 7. The Bertz CT molecular complexity index is 2020. The zero-order valence-corrected chi connectivity index (χ0v) is 33.0. The molecule has 2 saturated heterocycles. The topological polar surface area (TPSA) is 137 Å². The monoisotopic (exact) mass is 756 g/mol. The van der Waals surface area contributed by atoms with Crippen LogP contribution in [0.5, 0.6) is 0 Å². The predicted octanol–water partition coefficient (Wildman–Crippen LogP) is 5.88. The Labute approximate surface area is 320 Å². The Morgan fingerprint density at radius 3 is 2.81 bits per heavy atom. The molecule has 0 aliphatic carbocycles. The van der Waals surface area contributed by atoms with Gasteiger partial charge in [0.1, 0.15) is 12.1 Å². The van der Waals surface area contributed by atoms with Gasteiger partial charge >= 0.3 is 5.97 Å². The van der Waals surface area contributed by atoms with Crippen LogP contribution in [0.3, 0.4) is 0 Å². The average molecular weight is 757 g/mol. The molecule has 13 heteroatoms. The number of hydrazine groups is 1. The number of fused-ring (bicyclic) bond motifs is 6. The Morgan fingerprint density at radius 1 is 1.20 bits per heavy atom. The van der Waals surface area contributed by atoms with Crippen molar-refractivity contribution in [2.45, 2.75) is 91.5 Å². The summed E-state index contributed by atoms with van der Waals surface area (Å²) in [6.45, 7) is 12.6. The van der Waals surface area contributed by atoms with E-state index >= 15 is 0 Å². The lowest BCUT2D eigenvalue weighted by Crippen LogP contribution is -2.61. The van der Waals surface area contributed by atoms with Gasteiger partial charge in [0.15, 0.2) is 0 Å². The molecule has 1 aromatic carbocycles. The Kier molecular flexibility index (Phi) is 11.2. The summed E-state index contributed by atoms with van der Waals surface area (Å²) in [4.78, 5) is 51.4. The highest BCUT2D eigenvalue weighted by Gasteiger charge is 2.38. The number of nitrogens with one attached hydrogen (secondary N) is 2. The highest BCUT2D eigenvalue weighted by molar-refractivity contribution is 7.10. The lowest BCUT2D eigenvalue weighted by Gasteiger charge is -2.35. The molecule has 2 N–H and O–H groups in total. The van der Waals surface area contributed by atoms with Crippen molar-refractivity contribution in [2.24, 2.45) is 17.3 Å². The van der Waals surface area contributed by atoms with Crippen molar-refractivity contribution in [3.8, 4) is 22.5 Å². The van der Waals surface area contributed by atoms with Gasteiger partial charge in [0, 0.05) is 65.6 Å². The van der Waals surface area contributed by atoms with Crippen LogP contribution < -0.4 is 10.7 Å². The predicted molar refractivity (Wildman–Crippen MR) is 207 cm³/mol. The van der Waals surface area contributed by atoms with E-state index in [4.69, 9.17) is 24.2 Å². The van der Waals surface area contributed by atoms with Crippen molar-refractivity contribution in [3.63, 3.8) is 0 Å². The molecule has 7 rings (SSSR count). The van der Waals surface area contributed by atoms with Gasteiger partial charge < -0.3 is 24.1 Å². The third-order valence-electron chi connectivity index (χ3n) is 11.2. The minimum Gasteiger partial charge on any atom is -0.464 e. The third-order valence-corrected chi connectivity index (χ3v) is 12.1. The second kappa shape index (κ2) is 15.9. The van der Waals surface area contributed by atoms with Crippen LogP contribution in [0, 0.1) is 17.3 Å². The highest BCUT2D eigenvalue weighted by Crippen LogP contribution is 2.42. The van der Waals surface area contributed by atoms with E-state index in [0.29, 0.717) is 39.0 Å². The fourth-order valence-corrected chi connectivity index (χ4v) is 8.98. The second-order valence-electron chi connectivity index (χ2n) is 15.6. The summed E-state index contributed by atoms with van der Waals surface area (Å²) in [6.07, 6.45) is 4.38. The largest absolute Gasteiger partial charge is 0.464 e. The summed E-state index contributed by atoms with van der Waals surface area (Å²) in [7, 11) is 1.70. The molecule has 288 valence electrons. The lowest BCUT2D eigenvalue weighted by atomic mass is 9.84. The van der Waals surface area contributed by atoms with Crippen LogP contribution in [0.15, 0.2) is 41.9 Å². The van der Waals surface area contributed by atoms with E-state index in [0.717, 1.165) is 62.6 Å². The zero-order valence-electron chi connectivity index (χ0n) is 32.1. The summed E-state index contributed by atoms with van der Waals surface area (Å²) < 4.78 is 19.8. The first kappa shape index (κ1) is 38.1. The number of carbonyl (C=O) groups is 3. The standard InChI is InChI=1S/C41H52N6O6S/c1-7-25-20-52-21-30(25)38(48)44-32-18-35-43-33(22-54-35)26-13-14-34-28(17-26)29(37(46(34)8-2)27-11-9-15-42-36(27)24(3)51-6)19-41(4,5)23-53-40(50)31-12-10-16-47(45-31)39(32)49/h9,11,13-15,17,22,24-25,30-32,45H,7-8,10,12,16,18-21,23H2,1-6H3,(H,44,48)/t24-,25+,30+,31-,32-/m0/s1. The third kappa shape index (κ3) is 7.56. The number of carbonyl (C=O) groups excluding carboxylic acids is 3. The van der Waals surface area contributed by atoms with Crippen LogP contribution in [-0.4, -0.2) is 82.9 Å². The molecule has 3 aromatic heterocycles. The fourth-order valence-electron chi connectivity index (χ4n) is 8.13. The molecule has 6 heterocycles. The normalized spacial score (nSPS) is 23.9. The number of methoxy groups -OCH3 is 1. The van der Waals surface area contributed by atoms with Gasteiger partial charge in [-0.3, -0.25) is 24.4 Å². The van der Waals surface area contributed by atoms with Gasteiger partial charge in [-0.05, 0) is 68.9 Å². The molecule has 6 bridgehead atoms. The maximum Gasteiger partial charge on any atom is 0.324 e. The van der Waals surface area contributed by atoms with Crippen LogP contribution >= 0.6 is 11.3 Å². The quantitative estimate of drug-likeness (QED) is 0.222. The van der Waals surface area contributed by atoms with Crippen molar-refractivity contribution in [1.29, 1.82) is 0 Å². The summed E-state index contributed by atoms with van der Waals surface area (Å²) >= 11 is 1.47. The number of amides is 2. The zero-order chi connectivity index (χ0) is 38.1. The van der Waals surface area contributed by atoms with Crippen LogP contribution in [0.25, 0.3) is 33.4 Å². The molecule has 4 aromatic rings. The molecule has 2 amide bonds. The average Bonchev–Trinajstić information content (AvgIpc) is 3.93. The first-order valence-electron chi connectivity index (χ1n) is 19.2. The number of benzene rings is 1. The van der Waals surface area contributed by atoms with Crippen molar-refractivity contribution in [3.05, 3.63) is 58.2 Å². The molecule has 2 fully saturated rings. The van der Waals surface area contributed by atoms with Crippen LogP contribution in [0.1, 0.15) is 76.3 Å². The van der Waals surface area contributed by atoms with Crippen LogP contribution in [0.4, 0.5) is 0 Å². The maximum atomic E-state index is 14.2. The Hall–Kier alpha value is -4.17. The van der Waals surface area contributed by atoms with Crippen molar-refractivity contribution in [1.82, 2.24) is 30.3 Å². The van der Waals surface area contributed by atoms with E-state index in [1.165, 1.54) is 16.3 Å². The van der Waals surface area contributed by atoms with Gasteiger partial charge in [-0.25, -0.2) is 10.4 Å². The van der Waals surface area contributed by atoms with Gasteiger partial charge in [0.2, 0.25) is 5.91 Å². The minimum atomic E-state index is -0.881. The molecule has 0 spiro atoms. The number of nitrogens with zero attached hydrogens (tertiary/aromatic N) is 4. The van der Waals surface area contributed by atoms with Crippen LogP contribution in [0.2, 0.25) is 0 Å². The number of aryl methyl sites for hydroxylation is 1. The van der Waals surface area contributed by atoms with Crippen molar-refractivity contribution < 1.29 is 28.6 Å². The lowest BCUT2D eigenvalue weighted by molar-refractivity contribution is -0.155. The molecular weight excluding hydrogens is 705 g/mol. The maximum absolute atomic E-state index is 14.2.